The zero-order chi connectivity index (χ0) is 14.4. The lowest BCUT2D eigenvalue weighted by molar-refractivity contribution is -0.138. The number of nitrogens with one attached hydrogen (secondary N) is 1. The van der Waals surface area contributed by atoms with Gasteiger partial charge in [-0.1, -0.05) is 12.1 Å². The fourth-order valence-corrected chi connectivity index (χ4v) is 1.78. The molecule has 0 aliphatic rings. The van der Waals surface area contributed by atoms with Crippen molar-refractivity contribution in [2.45, 2.75) is 12.4 Å². The largest absolute Gasteiger partial charge is 0.418 e. The summed E-state index contributed by atoms with van der Waals surface area (Å²) in [4.78, 5) is 13.1. The van der Waals surface area contributed by atoms with Gasteiger partial charge in [-0.25, -0.2) is 0 Å². The van der Waals surface area contributed by atoms with Crippen LogP contribution in [0.3, 0.4) is 0 Å². The molecule has 2 rings (SSSR count). The number of rotatable bonds is 0. The molecular weight excluding hydrogens is 276 g/mol. The van der Waals surface area contributed by atoms with Gasteiger partial charge < -0.3 is 4.98 Å². The van der Waals surface area contributed by atoms with Crippen molar-refractivity contribution in [3.8, 4) is 0 Å². The lowest BCUT2D eigenvalue weighted by Crippen LogP contribution is -2.17. The third kappa shape index (κ3) is 2.29. The van der Waals surface area contributed by atoms with Gasteiger partial charge in [-0.2, -0.15) is 26.3 Å². The average Bonchev–Trinajstić information content (AvgIpc) is 2.25. The Hall–Kier alpha value is -1.99. The van der Waals surface area contributed by atoms with Crippen LogP contribution in [0.2, 0.25) is 0 Å². The van der Waals surface area contributed by atoms with Gasteiger partial charge in [0.1, 0.15) is 0 Å². The molecule has 0 bridgehead atoms. The van der Waals surface area contributed by atoms with Crippen LogP contribution in [0.1, 0.15) is 11.1 Å². The van der Waals surface area contributed by atoms with Crippen LogP contribution in [-0.2, 0) is 12.4 Å². The minimum Gasteiger partial charge on any atom is -0.328 e. The maximum atomic E-state index is 12.7. The number of pyridine rings is 1. The van der Waals surface area contributed by atoms with E-state index < -0.39 is 39.8 Å². The number of H-pyrrole nitrogens is 1. The van der Waals surface area contributed by atoms with Gasteiger partial charge in [0, 0.05) is 11.6 Å². The molecule has 0 atom stereocenters. The summed E-state index contributed by atoms with van der Waals surface area (Å²) in [6, 6.07) is 2.24. The van der Waals surface area contributed by atoms with Gasteiger partial charge in [-0.15, -0.1) is 0 Å². The minimum absolute atomic E-state index is 0.366. The molecule has 0 saturated heterocycles. The second-order valence-corrected chi connectivity index (χ2v) is 3.76. The van der Waals surface area contributed by atoms with Crippen LogP contribution >= 0.6 is 0 Å². The van der Waals surface area contributed by atoms with E-state index in [2.05, 4.69) is 0 Å². The van der Waals surface area contributed by atoms with Crippen LogP contribution in [0.5, 0.6) is 0 Å². The van der Waals surface area contributed by atoms with Gasteiger partial charge in [-0.05, 0) is 6.07 Å². The van der Waals surface area contributed by atoms with E-state index in [4.69, 9.17) is 0 Å². The molecule has 0 aliphatic heterocycles. The highest BCUT2D eigenvalue weighted by Gasteiger charge is 2.37. The van der Waals surface area contributed by atoms with Crippen molar-refractivity contribution in [2.75, 3.05) is 0 Å². The SMILES string of the molecule is O=c1[nH]cc(C(F)(F)F)c2cccc(C(F)(F)F)c12. The van der Waals surface area contributed by atoms with Crippen molar-refractivity contribution < 1.29 is 26.3 Å². The number of hydrogen-bond donors (Lipinski definition) is 1. The Kier molecular flexibility index (Phi) is 2.83. The Morgan fingerprint density at radius 2 is 1.47 bits per heavy atom. The van der Waals surface area contributed by atoms with E-state index in [0.717, 1.165) is 12.1 Å². The molecule has 1 heterocycles. The van der Waals surface area contributed by atoms with Crippen molar-refractivity contribution in [3.63, 3.8) is 0 Å². The van der Waals surface area contributed by atoms with E-state index in [1.807, 2.05) is 0 Å². The predicted octanol–water partition coefficient (Wildman–Crippen LogP) is 3.57. The summed E-state index contributed by atoms with van der Waals surface area (Å²) in [5.74, 6) is 0. The van der Waals surface area contributed by atoms with Crippen LogP contribution < -0.4 is 5.56 Å². The van der Waals surface area contributed by atoms with Gasteiger partial charge in [-0.3, -0.25) is 4.79 Å². The predicted molar refractivity (Wildman–Crippen MR) is 54.6 cm³/mol. The minimum atomic E-state index is -4.91. The van der Waals surface area contributed by atoms with E-state index in [1.54, 1.807) is 4.98 Å². The van der Waals surface area contributed by atoms with E-state index in [1.165, 1.54) is 0 Å². The molecule has 0 saturated carbocycles. The van der Waals surface area contributed by atoms with E-state index >= 15 is 0 Å². The van der Waals surface area contributed by atoms with Crippen molar-refractivity contribution in [3.05, 3.63) is 45.9 Å². The first-order valence-electron chi connectivity index (χ1n) is 4.91. The molecular formula is C11H5F6NO. The standard InChI is InChI=1S/C11H5F6NO/c12-10(13,14)6-3-1-2-5-7(11(15,16)17)4-18-9(19)8(5)6/h1-4H,(H,18,19). The third-order valence-electron chi connectivity index (χ3n) is 2.54. The Labute approximate surface area is 101 Å². The molecule has 19 heavy (non-hydrogen) atoms. The first-order valence-corrected chi connectivity index (χ1v) is 4.91. The Morgan fingerprint density at radius 3 is 2.00 bits per heavy atom. The molecule has 8 heteroatoms. The highest BCUT2D eigenvalue weighted by atomic mass is 19.4. The number of aromatic nitrogens is 1. The number of hydrogen-bond acceptors (Lipinski definition) is 1. The quantitative estimate of drug-likeness (QED) is 0.736. The monoisotopic (exact) mass is 281 g/mol. The number of fused-ring (bicyclic) bond motifs is 1. The number of aromatic amines is 1. The third-order valence-corrected chi connectivity index (χ3v) is 2.54. The average molecular weight is 281 g/mol. The number of alkyl halides is 6. The fraction of sp³-hybridized carbons (Fsp3) is 0.182. The normalized spacial score (nSPS) is 12.9. The molecule has 2 aromatic rings. The van der Waals surface area contributed by atoms with Gasteiger partial charge in [0.15, 0.2) is 0 Å². The van der Waals surface area contributed by atoms with E-state index in [-0.39, 0.29) is 0 Å². The molecule has 2 nitrogen and oxygen atoms in total. The number of benzene rings is 1. The van der Waals surface area contributed by atoms with E-state index in [9.17, 15) is 31.1 Å². The molecule has 0 spiro atoms. The van der Waals surface area contributed by atoms with Crippen LogP contribution in [0.15, 0.2) is 29.2 Å². The molecule has 1 aromatic heterocycles. The van der Waals surface area contributed by atoms with Crippen molar-refractivity contribution in [1.82, 2.24) is 4.98 Å². The Balaban J connectivity index is 2.96. The molecule has 0 aliphatic carbocycles. The lowest BCUT2D eigenvalue weighted by atomic mass is 10.0. The first kappa shape index (κ1) is 13.4. The highest BCUT2D eigenvalue weighted by molar-refractivity contribution is 5.88. The van der Waals surface area contributed by atoms with Gasteiger partial charge >= 0.3 is 12.4 Å². The fourth-order valence-electron chi connectivity index (χ4n) is 1.78. The lowest BCUT2D eigenvalue weighted by Gasteiger charge is -2.13. The van der Waals surface area contributed by atoms with Crippen molar-refractivity contribution in [2.24, 2.45) is 0 Å². The summed E-state index contributed by atoms with van der Waals surface area (Å²) in [7, 11) is 0. The van der Waals surface area contributed by atoms with Gasteiger partial charge in [0.2, 0.25) is 0 Å². The zero-order valence-corrected chi connectivity index (χ0v) is 8.99. The molecule has 0 amide bonds. The number of halogens is 6. The van der Waals surface area contributed by atoms with Crippen LogP contribution in [0.4, 0.5) is 26.3 Å². The topological polar surface area (TPSA) is 32.9 Å². The molecule has 1 aromatic carbocycles. The van der Waals surface area contributed by atoms with Gasteiger partial charge in [0.25, 0.3) is 5.56 Å². The maximum Gasteiger partial charge on any atom is 0.418 e. The van der Waals surface area contributed by atoms with Crippen LogP contribution in [0, 0.1) is 0 Å². The van der Waals surface area contributed by atoms with Crippen LogP contribution in [0.25, 0.3) is 10.8 Å². The molecule has 1 N–H and O–H groups in total. The van der Waals surface area contributed by atoms with E-state index in [0.29, 0.717) is 12.3 Å². The summed E-state index contributed by atoms with van der Waals surface area (Å²) < 4.78 is 76.1. The zero-order valence-electron chi connectivity index (χ0n) is 8.99. The molecule has 0 radical (unpaired) electrons. The first-order chi connectivity index (χ1) is 8.62. The van der Waals surface area contributed by atoms with Crippen molar-refractivity contribution in [1.29, 1.82) is 0 Å². The Morgan fingerprint density at radius 1 is 0.895 bits per heavy atom. The van der Waals surface area contributed by atoms with Crippen LogP contribution in [-0.4, -0.2) is 4.98 Å². The Bertz CT molecular complexity index is 682. The molecule has 0 unspecified atom stereocenters. The highest BCUT2D eigenvalue weighted by Crippen LogP contribution is 2.38. The smallest absolute Gasteiger partial charge is 0.328 e. The molecule has 102 valence electrons. The summed E-state index contributed by atoms with van der Waals surface area (Å²) in [6.45, 7) is 0. The summed E-state index contributed by atoms with van der Waals surface area (Å²) >= 11 is 0. The second-order valence-electron chi connectivity index (χ2n) is 3.76. The summed E-state index contributed by atoms with van der Waals surface area (Å²) in [6.07, 6.45) is -9.39. The van der Waals surface area contributed by atoms with Crippen molar-refractivity contribution >= 4 is 10.8 Å². The molecule has 0 fully saturated rings. The van der Waals surface area contributed by atoms with Gasteiger partial charge in [0.05, 0.1) is 16.5 Å². The summed E-state index contributed by atoms with van der Waals surface area (Å²) in [5, 5.41) is -1.78. The summed E-state index contributed by atoms with van der Waals surface area (Å²) in [5.41, 5.74) is -3.92. The second kappa shape index (κ2) is 4.01. The maximum absolute atomic E-state index is 12.7.